The maximum atomic E-state index is 5.73. The zero-order valence-electron chi connectivity index (χ0n) is 11.1. The zero-order chi connectivity index (χ0) is 13.9. The van der Waals surface area contributed by atoms with Crippen LogP contribution in [0.3, 0.4) is 0 Å². The van der Waals surface area contributed by atoms with Crippen molar-refractivity contribution in [2.75, 3.05) is 12.3 Å². The van der Waals surface area contributed by atoms with Crippen LogP contribution in [-0.4, -0.2) is 21.6 Å². The van der Waals surface area contributed by atoms with Gasteiger partial charge in [0.1, 0.15) is 0 Å². The summed E-state index contributed by atoms with van der Waals surface area (Å²) in [5.74, 6) is 0.684. The lowest BCUT2D eigenvalue weighted by molar-refractivity contribution is 0.312. The summed E-state index contributed by atoms with van der Waals surface area (Å²) in [7, 11) is 0. The zero-order valence-corrected chi connectivity index (χ0v) is 11.1. The van der Waals surface area contributed by atoms with E-state index in [1.165, 1.54) is 0 Å². The van der Waals surface area contributed by atoms with Crippen molar-refractivity contribution in [3.63, 3.8) is 0 Å². The summed E-state index contributed by atoms with van der Waals surface area (Å²) in [5, 5.41) is 2.20. The van der Waals surface area contributed by atoms with Gasteiger partial charge in [0.25, 0.3) is 0 Å². The predicted octanol–water partition coefficient (Wildman–Crippen LogP) is 2.67. The van der Waals surface area contributed by atoms with Gasteiger partial charge in [-0.15, -0.1) is 0 Å². The number of aromatic nitrogens is 3. The number of benzene rings is 2. The van der Waals surface area contributed by atoms with Gasteiger partial charge in [-0.1, -0.05) is 42.5 Å². The second-order valence-corrected chi connectivity index (χ2v) is 4.26. The first-order valence-electron chi connectivity index (χ1n) is 6.40. The summed E-state index contributed by atoms with van der Waals surface area (Å²) in [6, 6.07) is 14.3. The van der Waals surface area contributed by atoms with Crippen molar-refractivity contribution in [3.05, 3.63) is 42.5 Å². The maximum absolute atomic E-state index is 5.73. The van der Waals surface area contributed by atoms with Crippen LogP contribution in [0, 0.1) is 0 Å². The van der Waals surface area contributed by atoms with E-state index in [2.05, 4.69) is 15.0 Å². The van der Waals surface area contributed by atoms with Crippen molar-refractivity contribution in [2.45, 2.75) is 6.92 Å². The number of rotatable bonds is 3. The van der Waals surface area contributed by atoms with Crippen LogP contribution in [-0.2, 0) is 0 Å². The Hall–Kier alpha value is -2.69. The molecule has 2 aromatic carbocycles. The number of hydrogen-bond donors (Lipinski definition) is 1. The molecule has 0 atom stereocenters. The fourth-order valence-corrected chi connectivity index (χ4v) is 2.11. The Morgan fingerprint density at radius 1 is 1.00 bits per heavy atom. The van der Waals surface area contributed by atoms with Gasteiger partial charge >= 0.3 is 6.01 Å². The Morgan fingerprint density at radius 2 is 1.80 bits per heavy atom. The van der Waals surface area contributed by atoms with Gasteiger partial charge in [0.05, 0.1) is 6.61 Å². The van der Waals surface area contributed by atoms with E-state index >= 15 is 0 Å². The lowest BCUT2D eigenvalue weighted by Crippen LogP contribution is -2.04. The number of ether oxygens (including phenoxy) is 1. The monoisotopic (exact) mass is 266 g/mol. The molecular formula is C15H14N4O. The summed E-state index contributed by atoms with van der Waals surface area (Å²) in [6.45, 7) is 2.36. The van der Waals surface area contributed by atoms with E-state index in [1.54, 1.807) is 0 Å². The molecular weight excluding hydrogens is 252 g/mol. The molecule has 100 valence electrons. The molecule has 0 aliphatic rings. The number of nitrogen functional groups attached to an aromatic ring is 1. The molecule has 0 aliphatic heterocycles. The molecule has 0 saturated heterocycles. The van der Waals surface area contributed by atoms with Crippen molar-refractivity contribution >= 4 is 16.7 Å². The number of hydrogen-bond acceptors (Lipinski definition) is 5. The summed E-state index contributed by atoms with van der Waals surface area (Å²) in [4.78, 5) is 12.5. The third-order valence-corrected chi connectivity index (χ3v) is 2.94. The Labute approximate surface area is 116 Å². The van der Waals surface area contributed by atoms with Crippen molar-refractivity contribution < 1.29 is 4.74 Å². The quantitative estimate of drug-likeness (QED) is 0.789. The van der Waals surface area contributed by atoms with Crippen molar-refractivity contribution in [3.8, 4) is 17.4 Å². The third kappa shape index (κ3) is 2.25. The molecule has 0 amide bonds. The van der Waals surface area contributed by atoms with Gasteiger partial charge in [0, 0.05) is 5.56 Å². The molecule has 0 saturated carbocycles. The summed E-state index contributed by atoms with van der Waals surface area (Å²) < 4.78 is 5.32. The molecule has 0 spiro atoms. The largest absolute Gasteiger partial charge is 0.464 e. The van der Waals surface area contributed by atoms with Crippen molar-refractivity contribution in [1.29, 1.82) is 0 Å². The molecule has 0 aliphatic carbocycles. The van der Waals surface area contributed by atoms with Crippen LogP contribution in [0.5, 0.6) is 6.01 Å². The fraction of sp³-hybridized carbons (Fsp3) is 0.133. The summed E-state index contributed by atoms with van der Waals surface area (Å²) in [5.41, 5.74) is 6.64. The molecule has 3 rings (SSSR count). The Morgan fingerprint density at radius 3 is 2.65 bits per heavy atom. The molecule has 0 unspecified atom stereocenters. The molecule has 5 heteroatoms. The highest BCUT2D eigenvalue weighted by Gasteiger charge is 2.10. The molecule has 0 radical (unpaired) electrons. The Bertz CT molecular complexity index is 752. The van der Waals surface area contributed by atoms with Crippen LogP contribution in [0.2, 0.25) is 0 Å². The van der Waals surface area contributed by atoms with Crippen LogP contribution < -0.4 is 10.5 Å². The van der Waals surface area contributed by atoms with Crippen LogP contribution in [0.25, 0.3) is 22.2 Å². The second kappa shape index (κ2) is 5.13. The third-order valence-electron chi connectivity index (χ3n) is 2.94. The van der Waals surface area contributed by atoms with Gasteiger partial charge in [-0.25, -0.2) is 0 Å². The van der Waals surface area contributed by atoms with Gasteiger partial charge < -0.3 is 10.5 Å². The molecule has 2 N–H and O–H groups in total. The van der Waals surface area contributed by atoms with Crippen molar-refractivity contribution in [1.82, 2.24) is 15.0 Å². The molecule has 0 fully saturated rings. The lowest BCUT2D eigenvalue weighted by Gasteiger charge is -2.07. The first-order chi connectivity index (χ1) is 9.78. The second-order valence-electron chi connectivity index (χ2n) is 4.26. The average molecular weight is 266 g/mol. The first kappa shape index (κ1) is 12.3. The molecule has 1 heterocycles. The Balaban J connectivity index is 2.20. The highest BCUT2D eigenvalue weighted by atomic mass is 16.5. The standard InChI is InChI=1S/C15H14N4O/c1-2-20-15-18-13(17-14(16)19-15)12-9-5-7-10-6-3-4-8-11(10)12/h3-9H,2H2,1H3,(H2,16,17,18,19). The van der Waals surface area contributed by atoms with E-state index in [0.29, 0.717) is 12.4 Å². The molecule has 3 aromatic rings. The average Bonchev–Trinajstić information content (AvgIpc) is 2.46. The molecule has 1 aromatic heterocycles. The smallest absolute Gasteiger partial charge is 0.321 e. The van der Waals surface area contributed by atoms with Gasteiger partial charge in [0.15, 0.2) is 5.82 Å². The van der Waals surface area contributed by atoms with E-state index in [9.17, 15) is 0 Å². The summed E-state index contributed by atoms with van der Waals surface area (Å²) in [6.07, 6.45) is 0. The van der Waals surface area contributed by atoms with E-state index in [0.717, 1.165) is 16.3 Å². The van der Waals surface area contributed by atoms with Crippen LogP contribution >= 0.6 is 0 Å². The topological polar surface area (TPSA) is 73.9 Å². The maximum Gasteiger partial charge on any atom is 0.321 e. The van der Waals surface area contributed by atoms with Crippen LogP contribution in [0.1, 0.15) is 6.92 Å². The normalized spacial score (nSPS) is 10.7. The van der Waals surface area contributed by atoms with Gasteiger partial charge in [0.2, 0.25) is 5.95 Å². The van der Waals surface area contributed by atoms with Gasteiger partial charge in [-0.05, 0) is 17.7 Å². The van der Waals surface area contributed by atoms with E-state index in [4.69, 9.17) is 10.5 Å². The van der Waals surface area contributed by atoms with E-state index in [1.807, 2.05) is 49.4 Å². The van der Waals surface area contributed by atoms with Crippen LogP contribution in [0.4, 0.5) is 5.95 Å². The summed E-state index contributed by atoms with van der Waals surface area (Å²) >= 11 is 0. The highest BCUT2D eigenvalue weighted by molar-refractivity contribution is 5.95. The number of nitrogens with zero attached hydrogens (tertiary/aromatic N) is 3. The fourth-order valence-electron chi connectivity index (χ4n) is 2.11. The molecule has 5 nitrogen and oxygen atoms in total. The lowest BCUT2D eigenvalue weighted by atomic mass is 10.0. The first-order valence-corrected chi connectivity index (χ1v) is 6.40. The van der Waals surface area contributed by atoms with E-state index < -0.39 is 0 Å². The van der Waals surface area contributed by atoms with E-state index in [-0.39, 0.29) is 12.0 Å². The van der Waals surface area contributed by atoms with Crippen LogP contribution in [0.15, 0.2) is 42.5 Å². The number of nitrogens with two attached hydrogens (primary N) is 1. The highest BCUT2D eigenvalue weighted by Crippen LogP contribution is 2.27. The minimum absolute atomic E-state index is 0.159. The predicted molar refractivity (Wildman–Crippen MR) is 78.4 cm³/mol. The van der Waals surface area contributed by atoms with Crippen molar-refractivity contribution in [2.24, 2.45) is 0 Å². The number of fused-ring (bicyclic) bond motifs is 1. The van der Waals surface area contributed by atoms with Gasteiger partial charge in [-0.3, -0.25) is 0 Å². The van der Waals surface area contributed by atoms with Gasteiger partial charge in [-0.2, -0.15) is 15.0 Å². The SMILES string of the molecule is CCOc1nc(N)nc(-c2cccc3ccccc23)n1. The Kier molecular flexibility index (Phi) is 3.16. The molecule has 0 bridgehead atoms. The minimum atomic E-state index is 0.159. The minimum Gasteiger partial charge on any atom is -0.464 e. The number of anilines is 1. The molecule has 20 heavy (non-hydrogen) atoms.